The summed E-state index contributed by atoms with van der Waals surface area (Å²) >= 11 is 4.98. The molecule has 1 aromatic heterocycles. The van der Waals surface area contributed by atoms with Gasteiger partial charge in [-0.3, -0.25) is 0 Å². The summed E-state index contributed by atoms with van der Waals surface area (Å²) in [5.41, 5.74) is 8.09. The third-order valence-corrected chi connectivity index (χ3v) is 2.58. The van der Waals surface area contributed by atoms with Crippen LogP contribution in [0.2, 0.25) is 0 Å². The molecule has 0 amide bonds. The molecule has 1 aromatic rings. The van der Waals surface area contributed by atoms with E-state index < -0.39 is 13.0 Å². The highest BCUT2D eigenvalue weighted by Crippen LogP contribution is 2.18. The van der Waals surface area contributed by atoms with Gasteiger partial charge in [-0.05, 0) is 25.5 Å². The highest BCUT2D eigenvalue weighted by molar-refractivity contribution is 7.80. The van der Waals surface area contributed by atoms with E-state index in [1.807, 2.05) is 19.9 Å². The average Bonchev–Trinajstić information content (AvgIpc) is 2.26. The van der Waals surface area contributed by atoms with Crippen molar-refractivity contribution in [1.82, 2.24) is 4.98 Å². The van der Waals surface area contributed by atoms with Gasteiger partial charge in [0.2, 0.25) is 0 Å². The molecule has 0 spiro atoms. The molecule has 7 heteroatoms. The lowest BCUT2D eigenvalue weighted by atomic mass is 10.1. The molecule has 1 rings (SSSR count). The Bertz CT molecular complexity index is 455. The number of rotatable bonds is 7. The normalized spacial score (nSPS) is 10.8. The fourth-order valence-corrected chi connectivity index (χ4v) is 1.95. The topological polar surface area (TPSA) is 60.2 Å². The molecule has 0 aliphatic heterocycles. The Morgan fingerprint density at radius 2 is 2.21 bits per heavy atom. The first-order valence-electron chi connectivity index (χ1n) is 5.79. The molecule has 0 aliphatic rings. The zero-order valence-electron chi connectivity index (χ0n) is 10.9. The Labute approximate surface area is 116 Å². The fraction of sp³-hybridized carbons (Fsp3) is 0.500. The molecule has 0 aromatic carbocycles. The summed E-state index contributed by atoms with van der Waals surface area (Å²) in [5, 5.41) is 3.00. The lowest BCUT2D eigenvalue weighted by Crippen LogP contribution is -2.19. The van der Waals surface area contributed by atoms with Crippen molar-refractivity contribution < 1.29 is 13.5 Å². The van der Waals surface area contributed by atoms with E-state index in [2.05, 4.69) is 10.3 Å². The van der Waals surface area contributed by atoms with Gasteiger partial charge in [-0.1, -0.05) is 12.2 Å². The van der Waals surface area contributed by atoms with Crippen molar-refractivity contribution in [3.8, 4) is 0 Å². The van der Waals surface area contributed by atoms with E-state index in [0.717, 1.165) is 11.3 Å². The molecule has 3 N–H and O–H groups in total. The van der Waals surface area contributed by atoms with Crippen LogP contribution in [-0.4, -0.2) is 36.2 Å². The summed E-state index contributed by atoms with van der Waals surface area (Å²) in [4.78, 5) is 4.56. The predicted octanol–water partition coefficient (Wildman–Crippen LogP) is 2.03. The second-order valence-electron chi connectivity index (χ2n) is 4.06. The van der Waals surface area contributed by atoms with Gasteiger partial charge in [0.1, 0.15) is 17.4 Å². The van der Waals surface area contributed by atoms with Crippen molar-refractivity contribution in [1.29, 1.82) is 0 Å². The number of thiocarbonyl (C=S) groups is 1. The minimum absolute atomic E-state index is 0.162. The second kappa shape index (κ2) is 7.30. The number of nitrogens with two attached hydrogens (primary N) is 1. The van der Waals surface area contributed by atoms with Gasteiger partial charge in [0.15, 0.2) is 0 Å². The maximum atomic E-state index is 11.9. The van der Waals surface area contributed by atoms with Crippen LogP contribution < -0.4 is 11.1 Å². The monoisotopic (exact) mass is 289 g/mol. The minimum atomic E-state index is -2.45. The number of pyridine rings is 1. The van der Waals surface area contributed by atoms with Crippen LogP contribution >= 0.6 is 12.2 Å². The third-order valence-electron chi connectivity index (χ3n) is 2.37. The van der Waals surface area contributed by atoms with E-state index >= 15 is 0 Å². The number of nitrogens with zero attached hydrogens (tertiary/aromatic N) is 1. The first kappa shape index (κ1) is 15.7. The van der Waals surface area contributed by atoms with Crippen molar-refractivity contribution in [3.63, 3.8) is 0 Å². The molecule has 0 saturated heterocycles. The zero-order chi connectivity index (χ0) is 14.4. The molecule has 0 radical (unpaired) electrons. The number of aryl methyl sites for hydroxylation is 2. The van der Waals surface area contributed by atoms with E-state index in [0.29, 0.717) is 17.9 Å². The lowest BCUT2D eigenvalue weighted by Gasteiger charge is -2.13. The number of aromatic nitrogens is 1. The molecule has 1 heterocycles. The average molecular weight is 289 g/mol. The van der Waals surface area contributed by atoms with E-state index in [1.165, 1.54) is 0 Å². The van der Waals surface area contributed by atoms with Gasteiger partial charge in [0.25, 0.3) is 6.43 Å². The van der Waals surface area contributed by atoms with Crippen LogP contribution in [-0.2, 0) is 4.74 Å². The molecule has 0 aliphatic carbocycles. The van der Waals surface area contributed by atoms with Crippen LogP contribution in [0.3, 0.4) is 0 Å². The summed E-state index contributed by atoms with van der Waals surface area (Å²) in [5.74, 6) is 0.561. The van der Waals surface area contributed by atoms with Crippen LogP contribution in [0.15, 0.2) is 6.07 Å². The molecular weight excluding hydrogens is 272 g/mol. The Kier molecular flexibility index (Phi) is 6.04. The first-order valence-corrected chi connectivity index (χ1v) is 6.20. The first-order chi connectivity index (χ1) is 8.91. The highest BCUT2D eigenvalue weighted by Gasteiger charge is 2.11. The van der Waals surface area contributed by atoms with Gasteiger partial charge in [-0.25, -0.2) is 13.8 Å². The molecule has 0 unspecified atom stereocenters. The SMILES string of the molecule is Cc1cc(C)c(C(N)=S)c(NCCOCC(F)F)n1. The minimum Gasteiger partial charge on any atom is -0.389 e. The van der Waals surface area contributed by atoms with Crippen LogP contribution in [0.25, 0.3) is 0 Å². The van der Waals surface area contributed by atoms with Gasteiger partial charge in [-0.2, -0.15) is 0 Å². The predicted molar refractivity (Wildman–Crippen MR) is 74.9 cm³/mol. The van der Waals surface area contributed by atoms with Gasteiger partial charge in [0.05, 0.1) is 12.2 Å². The van der Waals surface area contributed by atoms with Gasteiger partial charge < -0.3 is 15.8 Å². The summed E-state index contributed by atoms with van der Waals surface area (Å²) in [6.45, 7) is 3.70. The highest BCUT2D eigenvalue weighted by atomic mass is 32.1. The summed E-state index contributed by atoms with van der Waals surface area (Å²) in [7, 11) is 0. The smallest absolute Gasteiger partial charge is 0.261 e. The Morgan fingerprint density at radius 1 is 1.53 bits per heavy atom. The van der Waals surface area contributed by atoms with Gasteiger partial charge in [-0.15, -0.1) is 0 Å². The van der Waals surface area contributed by atoms with Crippen molar-refractivity contribution in [2.24, 2.45) is 5.73 Å². The Morgan fingerprint density at radius 3 is 2.79 bits per heavy atom. The largest absolute Gasteiger partial charge is 0.389 e. The zero-order valence-corrected chi connectivity index (χ0v) is 11.7. The quantitative estimate of drug-likeness (QED) is 0.594. The number of nitrogens with one attached hydrogen (secondary N) is 1. The number of alkyl halides is 2. The maximum Gasteiger partial charge on any atom is 0.261 e. The van der Waals surface area contributed by atoms with Crippen LogP contribution in [0.5, 0.6) is 0 Å². The molecule has 0 atom stereocenters. The molecule has 4 nitrogen and oxygen atoms in total. The summed E-state index contributed by atoms with van der Waals surface area (Å²) < 4.78 is 28.5. The van der Waals surface area contributed by atoms with Crippen LogP contribution in [0.1, 0.15) is 16.8 Å². The fourth-order valence-electron chi connectivity index (χ4n) is 1.69. The van der Waals surface area contributed by atoms with Crippen molar-refractivity contribution in [2.45, 2.75) is 20.3 Å². The van der Waals surface area contributed by atoms with Gasteiger partial charge in [0, 0.05) is 12.2 Å². The van der Waals surface area contributed by atoms with Crippen molar-refractivity contribution >= 4 is 23.0 Å². The number of ether oxygens (including phenoxy) is 1. The van der Waals surface area contributed by atoms with Crippen LogP contribution in [0, 0.1) is 13.8 Å². The van der Waals surface area contributed by atoms with E-state index in [9.17, 15) is 8.78 Å². The molecule has 0 fully saturated rings. The van der Waals surface area contributed by atoms with Crippen molar-refractivity contribution in [3.05, 3.63) is 22.9 Å². The molecule has 106 valence electrons. The third kappa shape index (κ3) is 5.04. The Balaban J connectivity index is 2.64. The number of hydrogen-bond acceptors (Lipinski definition) is 4. The van der Waals surface area contributed by atoms with E-state index in [1.54, 1.807) is 0 Å². The van der Waals surface area contributed by atoms with Crippen molar-refractivity contribution in [2.75, 3.05) is 25.1 Å². The standard InChI is InChI=1S/C12H17F2N3OS/c1-7-5-8(2)17-12(10(7)11(15)19)16-3-4-18-6-9(13)14/h5,9H,3-4,6H2,1-2H3,(H2,15,19)(H,16,17). The Hall–Kier alpha value is -1.34. The summed E-state index contributed by atoms with van der Waals surface area (Å²) in [6.07, 6.45) is -2.45. The summed E-state index contributed by atoms with van der Waals surface area (Å²) in [6, 6.07) is 1.88. The number of anilines is 1. The molecule has 19 heavy (non-hydrogen) atoms. The van der Waals surface area contributed by atoms with Crippen LogP contribution in [0.4, 0.5) is 14.6 Å². The molecular formula is C12H17F2N3OS. The lowest BCUT2D eigenvalue weighted by molar-refractivity contribution is 0.0215. The number of hydrogen-bond donors (Lipinski definition) is 2. The molecule has 0 saturated carbocycles. The number of halogens is 2. The van der Waals surface area contributed by atoms with E-state index in [-0.39, 0.29) is 11.6 Å². The maximum absolute atomic E-state index is 11.9. The van der Waals surface area contributed by atoms with Gasteiger partial charge >= 0.3 is 0 Å². The second-order valence-corrected chi connectivity index (χ2v) is 4.50. The molecule has 0 bridgehead atoms. The van der Waals surface area contributed by atoms with E-state index in [4.69, 9.17) is 22.7 Å².